The molecule has 35 heavy (non-hydrogen) atoms. The monoisotopic (exact) mass is 596 g/mol. The molecule has 1 atom stereocenters. The van der Waals surface area contributed by atoms with Gasteiger partial charge in [0.2, 0.25) is 0 Å². The fourth-order valence-corrected chi connectivity index (χ4v) is 5.24. The Morgan fingerprint density at radius 3 is 1.09 bits per heavy atom. The van der Waals surface area contributed by atoms with Crippen molar-refractivity contribution < 1.29 is 39.3 Å². The molecule has 0 radical (unpaired) electrons. The third kappa shape index (κ3) is 7.93. The van der Waals surface area contributed by atoms with Crippen LogP contribution in [-0.4, -0.2) is 30.6 Å². The van der Waals surface area contributed by atoms with Gasteiger partial charge in [-0.2, -0.15) is 22.0 Å². The van der Waals surface area contributed by atoms with Crippen molar-refractivity contribution in [2.75, 3.05) is 0 Å². The third-order valence-electron chi connectivity index (χ3n) is 4.06. The highest BCUT2D eigenvalue weighted by atomic mass is 35.5. The summed E-state index contributed by atoms with van der Waals surface area (Å²) in [5.41, 5.74) is 0. The molecular formula is C21H13Cl3F6O3S2. The smallest absolute Gasteiger partial charge is 0.426 e. The van der Waals surface area contributed by atoms with Gasteiger partial charge in [0, 0.05) is 15.1 Å². The van der Waals surface area contributed by atoms with E-state index in [0.717, 1.165) is 15.1 Å². The van der Waals surface area contributed by atoms with Crippen molar-refractivity contribution in [2.24, 2.45) is 0 Å². The summed E-state index contributed by atoms with van der Waals surface area (Å²) in [7, 11) is -6.88. The number of alkyl halides is 6. The molecule has 0 saturated carbocycles. The zero-order valence-electron chi connectivity index (χ0n) is 16.9. The van der Waals surface area contributed by atoms with Crippen molar-refractivity contribution in [3.05, 3.63) is 87.9 Å². The lowest BCUT2D eigenvalue weighted by Gasteiger charge is -2.24. The zero-order chi connectivity index (χ0) is 26.6. The third-order valence-corrected chi connectivity index (χ3v) is 7.92. The highest BCUT2D eigenvalue weighted by molar-refractivity contribution is 7.97. The van der Waals surface area contributed by atoms with Crippen LogP contribution >= 0.6 is 34.8 Å². The maximum atomic E-state index is 11.8. The van der Waals surface area contributed by atoms with E-state index in [2.05, 4.69) is 36.4 Å². The second-order valence-corrected chi connectivity index (χ2v) is 11.4. The van der Waals surface area contributed by atoms with Gasteiger partial charge in [-0.05, 0) is 72.8 Å². The molecule has 0 fully saturated rings. The molecule has 0 aliphatic rings. The quantitative estimate of drug-likeness (QED) is 0.172. The summed E-state index contributed by atoms with van der Waals surface area (Å²) in [5, 5.41) is -3.79. The summed E-state index contributed by atoms with van der Waals surface area (Å²) in [4.78, 5) is 3.61. The molecule has 0 heterocycles. The number of benzene rings is 3. The summed E-state index contributed by atoms with van der Waals surface area (Å²) >= 11 is 18.1. The average Bonchev–Trinajstić information content (AvgIpc) is 2.76. The summed E-state index contributed by atoms with van der Waals surface area (Å²) in [6.07, 6.45) is -11.1. The van der Waals surface area contributed by atoms with Crippen LogP contribution < -0.4 is 0 Å². The Kier molecular flexibility index (Phi) is 9.82. The van der Waals surface area contributed by atoms with Crippen molar-refractivity contribution >= 4 is 55.8 Å². The van der Waals surface area contributed by atoms with E-state index in [4.69, 9.17) is 34.8 Å². The fourth-order valence-electron chi connectivity index (χ4n) is 2.44. The van der Waals surface area contributed by atoms with E-state index in [1.165, 1.54) is 14.7 Å². The number of rotatable bonds is 5. The van der Waals surface area contributed by atoms with Crippen LogP contribution in [0.3, 0.4) is 0 Å². The molecule has 0 bridgehead atoms. The molecule has 1 unspecified atom stereocenters. The Hall–Kier alpha value is -1.63. The van der Waals surface area contributed by atoms with Crippen molar-refractivity contribution in [1.82, 2.24) is 0 Å². The first-order chi connectivity index (χ1) is 16.0. The van der Waals surface area contributed by atoms with Crippen LogP contribution in [0.4, 0.5) is 26.3 Å². The van der Waals surface area contributed by atoms with E-state index < -0.39 is 27.7 Å². The fraction of sp³-hybridized carbons (Fsp3) is 0.143. The van der Waals surface area contributed by atoms with Crippen LogP contribution in [0.15, 0.2) is 87.5 Å². The Bertz CT molecular complexity index is 1110. The summed E-state index contributed by atoms with van der Waals surface area (Å²) < 4.78 is 97.5. The lowest BCUT2D eigenvalue weighted by Crippen LogP contribution is -2.46. The van der Waals surface area contributed by atoms with Crippen LogP contribution in [0, 0.1) is 0 Å². The lowest BCUT2D eigenvalue weighted by atomic mass is 10.3. The van der Waals surface area contributed by atoms with Crippen molar-refractivity contribution in [1.29, 1.82) is 0 Å². The molecule has 3 rings (SSSR count). The predicted octanol–water partition coefficient (Wildman–Crippen LogP) is 7.77. The molecule has 0 N–H and O–H groups in total. The first kappa shape index (κ1) is 29.6. The van der Waals surface area contributed by atoms with E-state index in [0.29, 0.717) is 0 Å². The molecule has 190 valence electrons. The lowest BCUT2D eigenvalue weighted by molar-refractivity contribution is -0.223. The van der Waals surface area contributed by atoms with Crippen molar-refractivity contribution in [3.8, 4) is 0 Å². The largest absolute Gasteiger partial charge is 0.743 e. The summed E-state index contributed by atoms with van der Waals surface area (Å²) in [5.74, 6) is 0. The SMILES string of the molecule is Clc1ccc([S+](c2ccc(Cl)cc2)c2ccc(Cl)cc2)cc1.O=S(=O)([O-])C(F)(F)C(F)C(F)(F)F. The van der Waals surface area contributed by atoms with Crippen LogP contribution in [0.5, 0.6) is 0 Å². The summed E-state index contributed by atoms with van der Waals surface area (Å²) in [6, 6.07) is 23.9. The minimum absolute atomic E-state index is 0.215. The predicted molar refractivity (Wildman–Crippen MR) is 122 cm³/mol. The van der Waals surface area contributed by atoms with Gasteiger partial charge in [-0.15, -0.1) is 0 Å². The molecule has 0 aliphatic carbocycles. The average molecular weight is 598 g/mol. The van der Waals surface area contributed by atoms with E-state index in [9.17, 15) is 39.3 Å². The second-order valence-electron chi connectivity index (χ2n) is 6.59. The van der Waals surface area contributed by atoms with Gasteiger partial charge in [0.1, 0.15) is 0 Å². The number of hydrogen-bond acceptors (Lipinski definition) is 3. The van der Waals surface area contributed by atoms with E-state index >= 15 is 0 Å². The van der Waals surface area contributed by atoms with Gasteiger partial charge in [-0.3, -0.25) is 0 Å². The molecule has 3 aromatic rings. The van der Waals surface area contributed by atoms with Gasteiger partial charge in [-0.25, -0.2) is 12.8 Å². The normalized spacial score (nSPS) is 13.2. The molecule has 0 amide bonds. The van der Waals surface area contributed by atoms with E-state index in [-0.39, 0.29) is 10.9 Å². The molecule has 0 aliphatic heterocycles. The Morgan fingerprint density at radius 1 is 0.657 bits per heavy atom. The van der Waals surface area contributed by atoms with Gasteiger partial charge in [0.05, 0.1) is 10.9 Å². The van der Waals surface area contributed by atoms with Crippen molar-refractivity contribution in [2.45, 2.75) is 32.3 Å². The molecule has 0 aromatic heterocycles. The second kappa shape index (κ2) is 11.6. The molecule has 3 aromatic carbocycles. The Balaban J connectivity index is 0.000000287. The van der Waals surface area contributed by atoms with Gasteiger partial charge in [0.25, 0.3) is 6.17 Å². The van der Waals surface area contributed by atoms with E-state index in [1.54, 1.807) is 0 Å². The van der Waals surface area contributed by atoms with Crippen LogP contribution in [-0.2, 0) is 21.0 Å². The first-order valence-corrected chi connectivity index (χ1v) is 12.9. The first-order valence-electron chi connectivity index (χ1n) is 9.09. The Morgan fingerprint density at radius 2 is 0.914 bits per heavy atom. The highest BCUT2D eigenvalue weighted by Gasteiger charge is 2.61. The highest BCUT2D eigenvalue weighted by Crippen LogP contribution is 2.38. The molecule has 3 nitrogen and oxygen atoms in total. The van der Waals surface area contributed by atoms with Gasteiger partial charge in [-0.1, -0.05) is 34.8 Å². The minimum atomic E-state index is -6.66. The Labute approximate surface area is 214 Å². The summed E-state index contributed by atoms with van der Waals surface area (Å²) in [6.45, 7) is 0. The van der Waals surface area contributed by atoms with Gasteiger partial charge in [0.15, 0.2) is 24.8 Å². The topological polar surface area (TPSA) is 57.2 Å². The molecule has 14 heteroatoms. The molecule has 0 spiro atoms. The van der Waals surface area contributed by atoms with Crippen LogP contribution in [0.1, 0.15) is 0 Å². The number of halogens is 9. The van der Waals surface area contributed by atoms with Gasteiger partial charge < -0.3 is 4.55 Å². The zero-order valence-corrected chi connectivity index (χ0v) is 20.8. The maximum Gasteiger partial charge on any atom is 0.426 e. The standard InChI is InChI=1S/C18H12Cl3S.C3H2F6O3S/c19-13-1-7-16(8-2-13)22(17-9-3-14(20)4-10-17)18-11-5-15(21)6-12-18;4-1(2(5,6)7)3(8,9)13(10,11)12/h1-12H;1H,(H,10,11,12)/q+1;/p-1. The number of hydrogen-bond donors (Lipinski definition) is 0. The molecule has 0 saturated heterocycles. The van der Waals surface area contributed by atoms with Crippen LogP contribution in [0.2, 0.25) is 15.1 Å². The van der Waals surface area contributed by atoms with Gasteiger partial charge >= 0.3 is 11.4 Å². The minimum Gasteiger partial charge on any atom is -0.743 e. The van der Waals surface area contributed by atoms with Crippen molar-refractivity contribution in [3.63, 3.8) is 0 Å². The van der Waals surface area contributed by atoms with Crippen LogP contribution in [0.25, 0.3) is 0 Å². The maximum absolute atomic E-state index is 11.8. The molecular weight excluding hydrogens is 585 g/mol. The van der Waals surface area contributed by atoms with E-state index in [1.807, 2.05) is 36.4 Å².